The van der Waals surface area contributed by atoms with E-state index in [2.05, 4.69) is 22.6 Å². The zero-order valence-corrected chi connectivity index (χ0v) is 7.15. The maximum atomic E-state index is 5.91. The topological polar surface area (TPSA) is 28.7 Å². The molecule has 0 bridgehead atoms. The van der Waals surface area contributed by atoms with Crippen LogP contribution in [0.3, 0.4) is 0 Å². The van der Waals surface area contributed by atoms with Gasteiger partial charge in [0.2, 0.25) is 0 Å². The standard InChI is InChI=1S/C7H5ClN2S/c8-6-5(11)2-1-4-7(6)10-3-9-4/h1-3,11H,(H,9,10). The van der Waals surface area contributed by atoms with Crippen molar-refractivity contribution in [3.63, 3.8) is 0 Å². The van der Waals surface area contributed by atoms with E-state index in [9.17, 15) is 0 Å². The van der Waals surface area contributed by atoms with Crippen molar-refractivity contribution in [2.24, 2.45) is 0 Å². The molecule has 1 aromatic heterocycles. The van der Waals surface area contributed by atoms with E-state index in [0.717, 1.165) is 15.9 Å². The van der Waals surface area contributed by atoms with Crippen LogP contribution in [-0.2, 0) is 0 Å². The molecule has 0 saturated heterocycles. The van der Waals surface area contributed by atoms with Gasteiger partial charge in [-0.05, 0) is 12.1 Å². The predicted molar refractivity (Wildman–Crippen MR) is 48.4 cm³/mol. The summed E-state index contributed by atoms with van der Waals surface area (Å²) < 4.78 is 0. The molecule has 0 fully saturated rings. The summed E-state index contributed by atoms with van der Waals surface area (Å²) >= 11 is 10.1. The maximum absolute atomic E-state index is 5.91. The van der Waals surface area contributed by atoms with Gasteiger partial charge < -0.3 is 4.98 Å². The predicted octanol–water partition coefficient (Wildman–Crippen LogP) is 2.50. The zero-order valence-electron chi connectivity index (χ0n) is 5.50. The van der Waals surface area contributed by atoms with Crippen LogP contribution in [-0.4, -0.2) is 9.97 Å². The van der Waals surface area contributed by atoms with Crippen molar-refractivity contribution in [3.8, 4) is 0 Å². The molecule has 0 aliphatic rings. The van der Waals surface area contributed by atoms with Crippen molar-refractivity contribution in [2.45, 2.75) is 4.90 Å². The van der Waals surface area contributed by atoms with Crippen molar-refractivity contribution in [2.75, 3.05) is 0 Å². The second kappa shape index (κ2) is 2.43. The van der Waals surface area contributed by atoms with Crippen molar-refractivity contribution in [3.05, 3.63) is 23.5 Å². The molecule has 56 valence electrons. The normalized spacial score (nSPS) is 10.7. The largest absolute Gasteiger partial charge is 0.345 e. The van der Waals surface area contributed by atoms with Gasteiger partial charge in [-0.1, -0.05) is 11.6 Å². The molecule has 0 aliphatic heterocycles. The molecule has 0 amide bonds. The highest BCUT2D eigenvalue weighted by molar-refractivity contribution is 7.80. The van der Waals surface area contributed by atoms with E-state index in [-0.39, 0.29) is 0 Å². The number of H-pyrrole nitrogens is 1. The summed E-state index contributed by atoms with van der Waals surface area (Å²) in [7, 11) is 0. The van der Waals surface area contributed by atoms with E-state index in [0.29, 0.717) is 5.02 Å². The Bertz CT molecular complexity index is 396. The third-order valence-electron chi connectivity index (χ3n) is 1.51. The van der Waals surface area contributed by atoms with Crippen molar-refractivity contribution in [1.29, 1.82) is 0 Å². The number of nitrogens with one attached hydrogen (secondary N) is 1. The monoisotopic (exact) mass is 184 g/mol. The molecule has 1 heterocycles. The van der Waals surface area contributed by atoms with Gasteiger partial charge in [0.25, 0.3) is 0 Å². The number of thiol groups is 1. The van der Waals surface area contributed by atoms with Gasteiger partial charge in [0.15, 0.2) is 0 Å². The van der Waals surface area contributed by atoms with E-state index >= 15 is 0 Å². The fraction of sp³-hybridized carbons (Fsp3) is 0. The van der Waals surface area contributed by atoms with Crippen LogP contribution < -0.4 is 0 Å². The average Bonchev–Trinajstić information content (AvgIpc) is 2.45. The first-order chi connectivity index (χ1) is 5.29. The van der Waals surface area contributed by atoms with Crippen LogP contribution in [0.4, 0.5) is 0 Å². The number of fused-ring (bicyclic) bond motifs is 1. The Balaban J connectivity index is 2.93. The highest BCUT2D eigenvalue weighted by Crippen LogP contribution is 2.26. The lowest BCUT2D eigenvalue weighted by Crippen LogP contribution is -1.73. The Morgan fingerprint density at radius 3 is 3.09 bits per heavy atom. The summed E-state index contributed by atoms with van der Waals surface area (Å²) in [6.07, 6.45) is 1.61. The highest BCUT2D eigenvalue weighted by Gasteiger charge is 2.03. The molecule has 0 radical (unpaired) electrons. The summed E-state index contributed by atoms with van der Waals surface area (Å²) in [4.78, 5) is 7.76. The minimum Gasteiger partial charge on any atom is -0.345 e. The summed E-state index contributed by atoms with van der Waals surface area (Å²) in [6, 6.07) is 3.74. The smallest absolute Gasteiger partial charge is 0.108 e. The maximum Gasteiger partial charge on any atom is 0.108 e. The number of imidazole rings is 1. The van der Waals surface area contributed by atoms with Crippen LogP contribution in [0.1, 0.15) is 0 Å². The first-order valence-corrected chi connectivity index (χ1v) is 3.92. The highest BCUT2D eigenvalue weighted by atomic mass is 35.5. The average molecular weight is 185 g/mol. The third kappa shape index (κ3) is 1.01. The Morgan fingerprint density at radius 1 is 1.45 bits per heavy atom. The zero-order chi connectivity index (χ0) is 7.84. The lowest BCUT2D eigenvalue weighted by molar-refractivity contribution is 1.34. The number of rotatable bonds is 0. The SMILES string of the molecule is Sc1ccc2[nH]cnc2c1Cl. The van der Waals surface area contributed by atoms with Crippen LogP contribution in [0.15, 0.2) is 23.4 Å². The van der Waals surface area contributed by atoms with Crippen molar-refractivity contribution < 1.29 is 0 Å². The lowest BCUT2D eigenvalue weighted by Gasteiger charge is -1.94. The van der Waals surface area contributed by atoms with Crippen LogP contribution in [0.5, 0.6) is 0 Å². The summed E-state index contributed by atoms with van der Waals surface area (Å²) in [5.41, 5.74) is 1.71. The molecule has 0 atom stereocenters. The Morgan fingerprint density at radius 2 is 2.27 bits per heavy atom. The molecule has 0 spiro atoms. The van der Waals surface area contributed by atoms with E-state index < -0.39 is 0 Å². The van der Waals surface area contributed by atoms with Gasteiger partial charge in [0, 0.05) is 4.90 Å². The quantitative estimate of drug-likeness (QED) is 0.606. The molecule has 0 unspecified atom stereocenters. The molecule has 0 saturated carbocycles. The van der Waals surface area contributed by atoms with Crippen molar-refractivity contribution >= 4 is 35.3 Å². The number of aromatic amines is 1. The lowest BCUT2D eigenvalue weighted by atomic mass is 10.3. The Labute approximate surface area is 74.0 Å². The molecule has 4 heteroatoms. The number of hydrogen-bond donors (Lipinski definition) is 2. The fourth-order valence-electron chi connectivity index (χ4n) is 0.963. The molecule has 11 heavy (non-hydrogen) atoms. The van der Waals surface area contributed by atoms with Gasteiger partial charge in [-0.2, -0.15) is 0 Å². The second-order valence-electron chi connectivity index (χ2n) is 2.20. The number of aromatic nitrogens is 2. The second-order valence-corrected chi connectivity index (χ2v) is 3.06. The molecule has 2 aromatic rings. The summed E-state index contributed by atoms with van der Waals surface area (Å²) in [5, 5.41) is 0.604. The van der Waals surface area contributed by atoms with Crippen LogP contribution >= 0.6 is 24.2 Å². The number of halogens is 1. The first-order valence-electron chi connectivity index (χ1n) is 3.09. The number of hydrogen-bond acceptors (Lipinski definition) is 2. The first kappa shape index (κ1) is 7.00. The summed E-state index contributed by atoms with van der Waals surface area (Å²) in [6.45, 7) is 0. The van der Waals surface area contributed by atoms with Gasteiger partial charge in [-0.15, -0.1) is 12.6 Å². The third-order valence-corrected chi connectivity index (χ3v) is 2.40. The number of benzene rings is 1. The van der Waals surface area contributed by atoms with E-state index in [1.165, 1.54) is 0 Å². The van der Waals surface area contributed by atoms with Gasteiger partial charge in [-0.25, -0.2) is 4.98 Å². The van der Waals surface area contributed by atoms with Crippen LogP contribution in [0.25, 0.3) is 11.0 Å². The number of nitrogens with zero attached hydrogens (tertiary/aromatic N) is 1. The molecule has 0 aliphatic carbocycles. The molecule has 1 N–H and O–H groups in total. The molecule has 2 nitrogen and oxygen atoms in total. The minimum atomic E-state index is 0.604. The van der Waals surface area contributed by atoms with E-state index in [4.69, 9.17) is 11.6 Å². The van der Waals surface area contributed by atoms with Gasteiger partial charge >= 0.3 is 0 Å². The minimum absolute atomic E-state index is 0.604. The van der Waals surface area contributed by atoms with Gasteiger partial charge in [-0.3, -0.25) is 0 Å². The Kier molecular flexibility index (Phi) is 1.55. The molecule has 1 aromatic carbocycles. The van der Waals surface area contributed by atoms with E-state index in [1.807, 2.05) is 12.1 Å². The van der Waals surface area contributed by atoms with E-state index in [1.54, 1.807) is 6.33 Å². The van der Waals surface area contributed by atoms with Gasteiger partial charge in [0.1, 0.15) is 5.52 Å². The molecule has 2 rings (SSSR count). The van der Waals surface area contributed by atoms with Crippen molar-refractivity contribution in [1.82, 2.24) is 9.97 Å². The van der Waals surface area contributed by atoms with Crippen LogP contribution in [0, 0.1) is 0 Å². The molecular weight excluding hydrogens is 180 g/mol. The van der Waals surface area contributed by atoms with Gasteiger partial charge in [0.05, 0.1) is 16.9 Å². The molecular formula is C7H5ClN2S. The fourth-order valence-corrected chi connectivity index (χ4v) is 1.36. The Hall–Kier alpha value is -0.670. The van der Waals surface area contributed by atoms with Crippen LogP contribution in [0.2, 0.25) is 5.02 Å². The summed E-state index contributed by atoms with van der Waals surface area (Å²) in [5.74, 6) is 0.